The van der Waals surface area contributed by atoms with Gasteiger partial charge in [-0.1, -0.05) is 19.8 Å². The van der Waals surface area contributed by atoms with Crippen molar-refractivity contribution in [1.29, 1.82) is 0 Å². The molecule has 27 heavy (non-hydrogen) atoms. The maximum absolute atomic E-state index is 12.4. The van der Waals surface area contributed by atoms with Crippen LogP contribution in [0.4, 0.5) is 0 Å². The van der Waals surface area contributed by atoms with E-state index in [-0.39, 0.29) is 12.0 Å². The molecule has 0 spiro atoms. The SMILES string of the molecule is CCCCCN1C=C(C(=O)O)CC(C(=O)OCCCN2CCN(C)CC2)=C1. The summed E-state index contributed by atoms with van der Waals surface area (Å²) in [6, 6.07) is 0. The summed E-state index contributed by atoms with van der Waals surface area (Å²) < 4.78 is 5.40. The van der Waals surface area contributed by atoms with Crippen LogP contribution >= 0.6 is 0 Å². The Labute approximate surface area is 162 Å². The minimum absolute atomic E-state index is 0.122. The van der Waals surface area contributed by atoms with Crippen LogP contribution in [0.1, 0.15) is 39.0 Å². The lowest BCUT2D eigenvalue weighted by molar-refractivity contribution is -0.139. The van der Waals surface area contributed by atoms with Crippen molar-refractivity contribution >= 4 is 11.9 Å². The average molecular weight is 380 g/mol. The number of rotatable bonds is 10. The molecule has 2 heterocycles. The number of aliphatic carboxylic acids is 1. The smallest absolute Gasteiger partial charge is 0.335 e. The first kappa shape index (κ1) is 21.4. The summed E-state index contributed by atoms with van der Waals surface area (Å²) in [4.78, 5) is 30.3. The minimum Gasteiger partial charge on any atom is -0.478 e. The van der Waals surface area contributed by atoms with Gasteiger partial charge in [0.25, 0.3) is 0 Å². The molecule has 1 fully saturated rings. The Bertz CT molecular complexity index is 566. The molecule has 0 bridgehead atoms. The zero-order chi connectivity index (χ0) is 19.6. The predicted molar refractivity (Wildman–Crippen MR) is 104 cm³/mol. The highest BCUT2D eigenvalue weighted by Gasteiger charge is 2.23. The van der Waals surface area contributed by atoms with Crippen LogP contribution in [0, 0.1) is 0 Å². The van der Waals surface area contributed by atoms with Gasteiger partial charge in [0, 0.05) is 58.1 Å². The lowest BCUT2D eigenvalue weighted by Gasteiger charge is -2.32. The fraction of sp³-hybridized carbons (Fsp3) is 0.700. The van der Waals surface area contributed by atoms with Crippen molar-refractivity contribution < 1.29 is 19.4 Å². The number of nitrogens with zero attached hydrogens (tertiary/aromatic N) is 3. The van der Waals surface area contributed by atoms with Crippen LogP contribution in [0.2, 0.25) is 0 Å². The molecule has 0 unspecified atom stereocenters. The number of hydrogen-bond donors (Lipinski definition) is 1. The summed E-state index contributed by atoms with van der Waals surface area (Å²) >= 11 is 0. The molecular formula is C20H33N3O4. The Morgan fingerprint density at radius 1 is 1.04 bits per heavy atom. The minimum atomic E-state index is -0.982. The van der Waals surface area contributed by atoms with Crippen LogP contribution < -0.4 is 0 Å². The van der Waals surface area contributed by atoms with Gasteiger partial charge in [-0.25, -0.2) is 9.59 Å². The van der Waals surface area contributed by atoms with E-state index in [0.29, 0.717) is 18.7 Å². The molecule has 0 atom stereocenters. The molecule has 2 aliphatic rings. The lowest BCUT2D eigenvalue weighted by atomic mass is 10.0. The summed E-state index contributed by atoms with van der Waals surface area (Å²) in [7, 11) is 2.13. The van der Waals surface area contributed by atoms with Crippen molar-refractivity contribution in [2.45, 2.75) is 39.0 Å². The van der Waals surface area contributed by atoms with E-state index in [9.17, 15) is 14.7 Å². The molecule has 0 radical (unpaired) electrons. The number of esters is 1. The zero-order valence-corrected chi connectivity index (χ0v) is 16.7. The Kier molecular flexibility index (Phi) is 8.81. The van der Waals surface area contributed by atoms with Crippen molar-refractivity contribution in [1.82, 2.24) is 14.7 Å². The summed E-state index contributed by atoms with van der Waals surface area (Å²) in [6.07, 6.45) is 7.42. The molecule has 0 aromatic rings. The quantitative estimate of drug-likeness (QED) is 0.459. The number of carboxylic acid groups (broad SMARTS) is 1. The van der Waals surface area contributed by atoms with Gasteiger partial charge >= 0.3 is 11.9 Å². The third-order valence-corrected chi connectivity index (χ3v) is 5.03. The van der Waals surface area contributed by atoms with Gasteiger partial charge in [0.05, 0.1) is 17.8 Å². The number of unbranched alkanes of at least 4 members (excludes halogenated alkanes) is 2. The van der Waals surface area contributed by atoms with Crippen LogP contribution in [0.3, 0.4) is 0 Å². The van der Waals surface area contributed by atoms with Crippen LogP contribution in [-0.4, -0.2) is 84.7 Å². The van der Waals surface area contributed by atoms with E-state index in [2.05, 4.69) is 23.8 Å². The van der Waals surface area contributed by atoms with Crippen molar-refractivity contribution in [3.8, 4) is 0 Å². The average Bonchev–Trinajstić information content (AvgIpc) is 2.66. The molecule has 0 saturated carbocycles. The van der Waals surface area contributed by atoms with Crippen LogP contribution in [0.15, 0.2) is 23.5 Å². The first-order valence-electron chi connectivity index (χ1n) is 9.98. The number of likely N-dealkylation sites (N-methyl/N-ethyl adjacent to an activating group) is 1. The first-order chi connectivity index (χ1) is 13.0. The number of carbonyl (C=O) groups is 2. The second kappa shape index (κ2) is 11.1. The molecule has 0 aromatic heterocycles. The third-order valence-electron chi connectivity index (χ3n) is 5.03. The van der Waals surface area contributed by atoms with Gasteiger partial charge in [-0.15, -0.1) is 0 Å². The monoisotopic (exact) mass is 379 g/mol. The fourth-order valence-corrected chi connectivity index (χ4v) is 3.28. The number of hydrogen-bond acceptors (Lipinski definition) is 6. The van der Waals surface area contributed by atoms with Crippen molar-refractivity contribution in [2.75, 3.05) is 52.9 Å². The van der Waals surface area contributed by atoms with Gasteiger partial charge in [-0.05, 0) is 19.9 Å². The van der Waals surface area contributed by atoms with Crippen LogP contribution in [-0.2, 0) is 14.3 Å². The molecule has 1 N–H and O–H groups in total. The molecular weight excluding hydrogens is 346 g/mol. The summed E-state index contributed by atoms with van der Waals surface area (Å²) in [5.41, 5.74) is 0.657. The topological polar surface area (TPSA) is 73.3 Å². The zero-order valence-electron chi connectivity index (χ0n) is 16.7. The van der Waals surface area contributed by atoms with E-state index < -0.39 is 11.9 Å². The maximum atomic E-state index is 12.4. The molecule has 0 amide bonds. The summed E-state index contributed by atoms with van der Waals surface area (Å²) in [5, 5.41) is 9.32. The maximum Gasteiger partial charge on any atom is 0.335 e. The number of carbonyl (C=O) groups excluding carboxylic acids is 1. The van der Waals surface area contributed by atoms with Gasteiger partial charge in [-0.2, -0.15) is 0 Å². The Morgan fingerprint density at radius 2 is 1.74 bits per heavy atom. The fourth-order valence-electron chi connectivity index (χ4n) is 3.28. The Hall–Kier alpha value is -1.86. The van der Waals surface area contributed by atoms with Crippen molar-refractivity contribution in [3.05, 3.63) is 23.5 Å². The summed E-state index contributed by atoms with van der Waals surface area (Å²) in [5.74, 6) is -1.38. The van der Waals surface area contributed by atoms with E-state index in [1.165, 1.54) is 0 Å². The van der Waals surface area contributed by atoms with Gasteiger partial charge in [0.15, 0.2) is 0 Å². The van der Waals surface area contributed by atoms with Gasteiger partial charge in [0.2, 0.25) is 0 Å². The first-order valence-corrected chi connectivity index (χ1v) is 9.98. The molecule has 0 aliphatic carbocycles. The van der Waals surface area contributed by atoms with E-state index in [1.54, 1.807) is 12.4 Å². The number of carboxylic acids is 1. The second-order valence-corrected chi connectivity index (χ2v) is 7.37. The Balaban J connectivity index is 1.78. The molecule has 152 valence electrons. The highest BCUT2D eigenvalue weighted by Crippen LogP contribution is 2.21. The van der Waals surface area contributed by atoms with E-state index in [0.717, 1.165) is 58.4 Å². The highest BCUT2D eigenvalue weighted by atomic mass is 16.5. The van der Waals surface area contributed by atoms with Crippen LogP contribution in [0.25, 0.3) is 0 Å². The van der Waals surface area contributed by atoms with Crippen molar-refractivity contribution in [2.24, 2.45) is 0 Å². The van der Waals surface area contributed by atoms with Gasteiger partial charge < -0.3 is 24.5 Å². The van der Waals surface area contributed by atoms with E-state index in [1.807, 2.05) is 4.90 Å². The number of ether oxygens (including phenoxy) is 1. The van der Waals surface area contributed by atoms with Gasteiger partial charge in [0.1, 0.15) is 0 Å². The molecule has 0 aromatic carbocycles. The van der Waals surface area contributed by atoms with Gasteiger partial charge in [-0.3, -0.25) is 0 Å². The molecule has 7 heteroatoms. The Morgan fingerprint density at radius 3 is 2.41 bits per heavy atom. The molecule has 2 aliphatic heterocycles. The third kappa shape index (κ3) is 7.34. The largest absolute Gasteiger partial charge is 0.478 e. The molecule has 1 saturated heterocycles. The lowest BCUT2D eigenvalue weighted by Crippen LogP contribution is -2.44. The second-order valence-electron chi connectivity index (χ2n) is 7.37. The molecule has 7 nitrogen and oxygen atoms in total. The number of piperazine rings is 1. The summed E-state index contributed by atoms with van der Waals surface area (Å²) in [6.45, 7) is 8.37. The standard InChI is InChI=1S/C20H33N3O4/c1-3-4-5-7-23-15-17(19(24)25)14-18(16-23)20(26)27-13-6-8-22-11-9-21(2)10-12-22/h15-16H,3-14H2,1-2H3,(H,24,25). The molecule has 2 rings (SSSR count). The van der Waals surface area contributed by atoms with Crippen molar-refractivity contribution in [3.63, 3.8) is 0 Å². The van der Waals surface area contributed by atoms with Crippen LogP contribution in [0.5, 0.6) is 0 Å². The van der Waals surface area contributed by atoms with E-state index >= 15 is 0 Å². The normalized spacial score (nSPS) is 18.8. The van der Waals surface area contributed by atoms with E-state index in [4.69, 9.17) is 4.74 Å². The highest BCUT2D eigenvalue weighted by molar-refractivity contribution is 5.94. The predicted octanol–water partition coefficient (Wildman–Crippen LogP) is 1.92.